The second kappa shape index (κ2) is 3.96. The van der Waals surface area contributed by atoms with Crippen LogP contribution in [0.4, 0.5) is 0 Å². The molecule has 0 saturated carbocycles. The van der Waals surface area contributed by atoms with Crippen LogP contribution in [0.2, 0.25) is 0 Å². The predicted octanol–water partition coefficient (Wildman–Crippen LogP) is 3.47. The lowest BCUT2D eigenvalue weighted by molar-refractivity contribution is 0.286. The van der Waals surface area contributed by atoms with Crippen molar-refractivity contribution in [3.63, 3.8) is 0 Å². The Morgan fingerprint density at radius 1 is 1.27 bits per heavy atom. The maximum Gasteiger partial charge on any atom is 0.169 e. The first-order chi connectivity index (χ1) is 7.30. The van der Waals surface area contributed by atoms with Gasteiger partial charge in [0, 0.05) is 11.1 Å². The number of fused-ring (bicyclic) bond motifs is 1. The van der Waals surface area contributed by atoms with E-state index in [1.165, 1.54) is 22.3 Å². The third-order valence-corrected chi connectivity index (χ3v) is 2.96. The van der Waals surface area contributed by atoms with Crippen molar-refractivity contribution in [1.29, 1.82) is 0 Å². The van der Waals surface area contributed by atoms with Crippen LogP contribution in [0, 0.1) is 0 Å². The van der Waals surface area contributed by atoms with Crippen LogP contribution in [0.1, 0.15) is 36.1 Å². The van der Waals surface area contributed by atoms with Gasteiger partial charge in [-0.1, -0.05) is 32.2 Å². The SMILES string of the molecule is C=C=C1OCc2cc(CC)c(CC)cc21. The quantitative estimate of drug-likeness (QED) is 0.664. The summed E-state index contributed by atoms with van der Waals surface area (Å²) >= 11 is 0. The average Bonchev–Trinajstić information content (AvgIpc) is 2.68. The minimum absolute atomic E-state index is 0.671. The Labute approximate surface area is 91.1 Å². The molecule has 0 fully saturated rings. The minimum Gasteiger partial charge on any atom is -0.481 e. The van der Waals surface area contributed by atoms with Gasteiger partial charge in [0.1, 0.15) is 6.61 Å². The van der Waals surface area contributed by atoms with E-state index in [2.05, 4.69) is 38.3 Å². The second-order valence-corrected chi connectivity index (χ2v) is 3.78. The van der Waals surface area contributed by atoms with Crippen molar-refractivity contribution in [3.05, 3.63) is 46.7 Å². The largest absolute Gasteiger partial charge is 0.481 e. The molecule has 0 bridgehead atoms. The zero-order valence-corrected chi connectivity index (χ0v) is 9.39. The summed E-state index contributed by atoms with van der Waals surface area (Å²) < 4.78 is 5.51. The van der Waals surface area contributed by atoms with E-state index in [0.717, 1.165) is 18.6 Å². The van der Waals surface area contributed by atoms with Gasteiger partial charge in [-0.15, -0.1) is 0 Å². The first-order valence-electron chi connectivity index (χ1n) is 5.48. The van der Waals surface area contributed by atoms with Crippen molar-refractivity contribution < 1.29 is 4.74 Å². The molecule has 0 atom stereocenters. The summed E-state index contributed by atoms with van der Waals surface area (Å²) in [4.78, 5) is 0. The van der Waals surface area contributed by atoms with E-state index in [1.807, 2.05) is 0 Å². The van der Waals surface area contributed by atoms with Crippen LogP contribution in [0.5, 0.6) is 0 Å². The standard InChI is InChI=1S/C14H16O/c1-4-10-7-12-9-15-14(6-3)13(12)8-11(10)5-2/h7-8H,3-5,9H2,1-2H3. The molecule has 15 heavy (non-hydrogen) atoms. The summed E-state index contributed by atoms with van der Waals surface area (Å²) in [5, 5.41) is 0. The van der Waals surface area contributed by atoms with Gasteiger partial charge in [-0.3, -0.25) is 0 Å². The van der Waals surface area contributed by atoms with Gasteiger partial charge in [-0.2, -0.15) is 0 Å². The Hall–Kier alpha value is -1.46. The Bertz CT molecular complexity index is 437. The molecule has 0 amide bonds. The van der Waals surface area contributed by atoms with Crippen molar-refractivity contribution in [2.45, 2.75) is 33.3 Å². The zero-order valence-electron chi connectivity index (χ0n) is 9.39. The number of hydrogen-bond donors (Lipinski definition) is 0. The predicted molar refractivity (Wildman–Crippen MR) is 62.5 cm³/mol. The maximum absolute atomic E-state index is 5.51. The Kier molecular flexibility index (Phi) is 2.66. The fourth-order valence-corrected chi connectivity index (χ4v) is 2.10. The van der Waals surface area contributed by atoms with Crippen LogP contribution in [0.25, 0.3) is 5.76 Å². The van der Waals surface area contributed by atoms with Crippen LogP contribution < -0.4 is 0 Å². The number of ether oxygens (including phenoxy) is 1. The fraction of sp³-hybridized carbons (Fsp3) is 0.357. The summed E-state index contributed by atoms with van der Waals surface area (Å²) in [6, 6.07) is 4.49. The summed E-state index contributed by atoms with van der Waals surface area (Å²) in [7, 11) is 0. The molecule has 1 nitrogen and oxygen atoms in total. The first-order valence-corrected chi connectivity index (χ1v) is 5.48. The lowest BCUT2D eigenvalue weighted by atomic mass is 9.96. The number of benzene rings is 1. The van der Waals surface area contributed by atoms with E-state index in [0.29, 0.717) is 6.61 Å². The maximum atomic E-state index is 5.51. The normalized spacial score (nSPS) is 13.3. The third-order valence-electron chi connectivity index (χ3n) is 2.96. The van der Waals surface area contributed by atoms with E-state index in [9.17, 15) is 0 Å². The van der Waals surface area contributed by atoms with Gasteiger partial charge in [0.05, 0.1) is 0 Å². The summed E-state index contributed by atoms with van der Waals surface area (Å²) in [5.74, 6) is 0.808. The molecule has 1 aromatic carbocycles. The molecule has 1 heterocycles. The van der Waals surface area contributed by atoms with Crippen molar-refractivity contribution in [3.8, 4) is 0 Å². The molecule has 0 aliphatic carbocycles. The molecule has 0 N–H and O–H groups in total. The molecule has 0 radical (unpaired) electrons. The lowest BCUT2D eigenvalue weighted by Crippen LogP contribution is -1.94. The highest BCUT2D eigenvalue weighted by Gasteiger charge is 2.18. The van der Waals surface area contributed by atoms with Crippen LogP contribution in [-0.2, 0) is 24.2 Å². The number of rotatable bonds is 2. The summed E-state index contributed by atoms with van der Waals surface area (Å²) in [6.07, 6.45) is 2.16. The Morgan fingerprint density at radius 2 is 1.93 bits per heavy atom. The van der Waals surface area contributed by atoms with Crippen molar-refractivity contribution in [1.82, 2.24) is 0 Å². The molecule has 0 saturated heterocycles. The lowest BCUT2D eigenvalue weighted by Gasteiger charge is -2.07. The van der Waals surface area contributed by atoms with Gasteiger partial charge < -0.3 is 4.74 Å². The van der Waals surface area contributed by atoms with Crippen molar-refractivity contribution in [2.75, 3.05) is 0 Å². The molecule has 1 aliphatic heterocycles. The smallest absolute Gasteiger partial charge is 0.169 e. The highest BCUT2D eigenvalue weighted by atomic mass is 16.5. The van der Waals surface area contributed by atoms with Gasteiger partial charge in [0.2, 0.25) is 0 Å². The molecule has 78 valence electrons. The molecule has 0 aromatic heterocycles. The van der Waals surface area contributed by atoms with Crippen molar-refractivity contribution in [2.24, 2.45) is 0 Å². The van der Waals surface area contributed by atoms with Crippen LogP contribution in [0.15, 0.2) is 24.4 Å². The zero-order chi connectivity index (χ0) is 10.8. The van der Waals surface area contributed by atoms with Gasteiger partial charge in [-0.25, -0.2) is 0 Å². The minimum atomic E-state index is 0.671. The van der Waals surface area contributed by atoms with Gasteiger partial charge >= 0.3 is 0 Å². The number of aryl methyl sites for hydroxylation is 2. The van der Waals surface area contributed by atoms with Gasteiger partial charge in [0.15, 0.2) is 5.76 Å². The first kappa shape index (κ1) is 10.1. The summed E-state index contributed by atoms with van der Waals surface area (Å²) in [6.45, 7) is 8.71. The van der Waals surface area contributed by atoms with Crippen LogP contribution in [0.3, 0.4) is 0 Å². The van der Waals surface area contributed by atoms with E-state index >= 15 is 0 Å². The average molecular weight is 200 g/mol. The summed E-state index contributed by atoms with van der Waals surface area (Å²) in [5.41, 5.74) is 8.15. The molecule has 1 aliphatic rings. The molecule has 0 unspecified atom stereocenters. The van der Waals surface area contributed by atoms with Crippen molar-refractivity contribution >= 4 is 5.76 Å². The Morgan fingerprint density at radius 3 is 2.53 bits per heavy atom. The molecule has 1 aromatic rings. The van der Waals surface area contributed by atoms with Gasteiger partial charge in [0.25, 0.3) is 0 Å². The van der Waals surface area contributed by atoms with E-state index in [1.54, 1.807) is 0 Å². The highest BCUT2D eigenvalue weighted by molar-refractivity contribution is 5.67. The molecular weight excluding hydrogens is 184 g/mol. The molecule has 2 rings (SSSR count). The van der Waals surface area contributed by atoms with Crippen LogP contribution >= 0.6 is 0 Å². The van der Waals surface area contributed by atoms with E-state index in [-0.39, 0.29) is 0 Å². The Balaban J connectivity index is 2.59. The van der Waals surface area contributed by atoms with Gasteiger partial charge in [-0.05, 0) is 30.0 Å². The topological polar surface area (TPSA) is 9.23 Å². The van der Waals surface area contributed by atoms with E-state index in [4.69, 9.17) is 4.74 Å². The highest BCUT2D eigenvalue weighted by Crippen LogP contribution is 2.31. The molecule has 0 spiro atoms. The third kappa shape index (κ3) is 1.60. The second-order valence-electron chi connectivity index (χ2n) is 3.78. The van der Waals surface area contributed by atoms with Crippen LogP contribution in [-0.4, -0.2) is 0 Å². The molecule has 1 heteroatoms. The molecular formula is C14H16O. The number of hydrogen-bond acceptors (Lipinski definition) is 1. The monoisotopic (exact) mass is 200 g/mol. The van der Waals surface area contributed by atoms with E-state index < -0.39 is 0 Å². The fourth-order valence-electron chi connectivity index (χ4n) is 2.10.